The first-order valence-corrected chi connectivity index (χ1v) is 12.4. The molecule has 2 aromatic rings. The van der Waals surface area contributed by atoms with E-state index in [0.717, 1.165) is 23.1 Å². The van der Waals surface area contributed by atoms with Crippen molar-refractivity contribution >= 4 is 46.8 Å². The van der Waals surface area contributed by atoms with Gasteiger partial charge >= 0.3 is 0 Å². The molecule has 0 saturated heterocycles. The first-order chi connectivity index (χ1) is 14.8. The van der Waals surface area contributed by atoms with Gasteiger partial charge in [0, 0.05) is 28.9 Å². The van der Waals surface area contributed by atoms with Crippen molar-refractivity contribution < 1.29 is 9.59 Å². The summed E-state index contributed by atoms with van der Waals surface area (Å²) >= 11 is 13.7. The molecule has 0 heterocycles. The quantitative estimate of drug-likeness (QED) is 0.437. The lowest BCUT2D eigenvalue weighted by Crippen LogP contribution is -2.49. The van der Waals surface area contributed by atoms with Crippen molar-refractivity contribution in [1.82, 2.24) is 10.2 Å². The molecule has 0 spiro atoms. The third-order valence-corrected chi connectivity index (χ3v) is 6.46. The predicted octanol–water partition coefficient (Wildman–Crippen LogP) is 5.87. The summed E-state index contributed by atoms with van der Waals surface area (Å²) in [7, 11) is 0. The minimum atomic E-state index is -0.500. The molecule has 0 aliphatic carbocycles. The number of halogens is 2. The number of amides is 2. The van der Waals surface area contributed by atoms with Crippen molar-refractivity contribution in [1.29, 1.82) is 0 Å². The molecule has 1 N–H and O–H groups in total. The van der Waals surface area contributed by atoms with Crippen molar-refractivity contribution in [3.8, 4) is 0 Å². The average Bonchev–Trinajstić information content (AvgIpc) is 2.74. The van der Waals surface area contributed by atoms with Gasteiger partial charge < -0.3 is 10.2 Å². The minimum Gasteiger partial charge on any atom is -0.354 e. The Labute approximate surface area is 199 Å². The molecule has 7 heteroatoms. The second kappa shape index (κ2) is 13.0. The van der Waals surface area contributed by atoms with Gasteiger partial charge in [0.1, 0.15) is 6.04 Å². The van der Waals surface area contributed by atoms with Gasteiger partial charge in [0.2, 0.25) is 11.8 Å². The van der Waals surface area contributed by atoms with E-state index in [1.807, 2.05) is 51.1 Å². The Morgan fingerprint density at radius 1 is 1.10 bits per heavy atom. The largest absolute Gasteiger partial charge is 0.354 e. The van der Waals surface area contributed by atoms with Crippen LogP contribution < -0.4 is 5.32 Å². The average molecular weight is 481 g/mol. The molecule has 0 aromatic heterocycles. The Hall–Kier alpha value is -1.69. The van der Waals surface area contributed by atoms with Crippen LogP contribution in [0.1, 0.15) is 43.4 Å². The van der Waals surface area contributed by atoms with Gasteiger partial charge in [-0.2, -0.15) is 0 Å². The fourth-order valence-electron chi connectivity index (χ4n) is 3.15. The molecule has 0 radical (unpaired) electrons. The van der Waals surface area contributed by atoms with E-state index < -0.39 is 6.04 Å². The predicted molar refractivity (Wildman–Crippen MR) is 132 cm³/mol. The van der Waals surface area contributed by atoms with E-state index in [1.165, 1.54) is 11.8 Å². The van der Waals surface area contributed by atoms with E-state index in [4.69, 9.17) is 23.2 Å². The number of rotatable bonds is 11. The Bertz CT molecular complexity index is 874. The lowest BCUT2D eigenvalue weighted by atomic mass is 10.1. The van der Waals surface area contributed by atoms with Crippen molar-refractivity contribution in [2.24, 2.45) is 0 Å². The highest BCUT2D eigenvalue weighted by molar-refractivity contribution is 7.99. The number of hydrogen-bond donors (Lipinski definition) is 1. The van der Waals surface area contributed by atoms with Gasteiger partial charge in [0.15, 0.2) is 0 Å². The zero-order valence-electron chi connectivity index (χ0n) is 18.3. The van der Waals surface area contributed by atoms with Gasteiger partial charge in [0.05, 0.1) is 5.75 Å². The first kappa shape index (κ1) is 25.6. The molecule has 31 heavy (non-hydrogen) atoms. The summed E-state index contributed by atoms with van der Waals surface area (Å²) < 4.78 is 0. The molecule has 168 valence electrons. The van der Waals surface area contributed by atoms with E-state index in [1.54, 1.807) is 17.0 Å². The van der Waals surface area contributed by atoms with Gasteiger partial charge in [-0.15, -0.1) is 11.8 Å². The monoisotopic (exact) mass is 480 g/mol. The number of thioether (sulfide) groups is 1. The van der Waals surface area contributed by atoms with Crippen LogP contribution in [0.4, 0.5) is 0 Å². The summed E-state index contributed by atoms with van der Waals surface area (Å²) in [5, 5.41) is 4.12. The van der Waals surface area contributed by atoms with Gasteiger partial charge in [-0.1, -0.05) is 72.9 Å². The number of carbonyl (C=O) groups is 2. The maximum absolute atomic E-state index is 13.2. The minimum absolute atomic E-state index is 0.0610. The Morgan fingerprint density at radius 2 is 1.81 bits per heavy atom. The molecule has 0 saturated carbocycles. The highest BCUT2D eigenvalue weighted by Gasteiger charge is 2.28. The fourth-order valence-corrected chi connectivity index (χ4v) is 4.61. The molecule has 1 atom stereocenters. The van der Waals surface area contributed by atoms with Crippen LogP contribution in [0.3, 0.4) is 0 Å². The molecule has 2 rings (SSSR count). The van der Waals surface area contributed by atoms with Gasteiger partial charge in [0.25, 0.3) is 0 Å². The van der Waals surface area contributed by atoms with Crippen molar-refractivity contribution in [3.05, 3.63) is 69.2 Å². The van der Waals surface area contributed by atoms with Crippen LogP contribution >= 0.6 is 35.0 Å². The third-order valence-electron chi connectivity index (χ3n) is 4.91. The SMILES string of the molecule is CCCNC(=O)[C@H](CC)N(Cc1ccc(C)cc1)C(=O)CSCc1ccc(Cl)cc1Cl. The maximum atomic E-state index is 13.2. The second-order valence-corrected chi connectivity index (χ2v) is 9.28. The molecule has 0 bridgehead atoms. The molecule has 0 unspecified atom stereocenters. The zero-order valence-corrected chi connectivity index (χ0v) is 20.6. The highest BCUT2D eigenvalue weighted by Crippen LogP contribution is 2.25. The van der Waals surface area contributed by atoms with E-state index in [0.29, 0.717) is 35.3 Å². The number of benzene rings is 2. The van der Waals surface area contributed by atoms with Gasteiger partial charge in [-0.3, -0.25) is 9.59 Å². The number of carbonyl (C=O) groups excluding carboxylic acids is 2. The van der Waals surface area contributed by atoms with E-state index in [-0.39, 0.29) is 17.6 Å². The molecule has 2 aromatic carbocycles. The third kappa shape index (κ3) is 8.06. The smallest absolute Gasteiger partial charge is 0.242 e. The summed E-state index contributed by atoms with van der Waals surface area (Å²) in [6.07, 6.45) is 1.41. The Balaban J connectivity index is 2.11. The van der Waals surface area contributed by atoms with Crippen LogP contribution in [0.5, 0.6) is 0 Å². The summed E-state index contributed by atoms with van der Waals surface area (Å²) in [5.74, 6) is 0.700. The number of hydrogen-bond acceptors (Lipinski definition) is 3. The van der Waals surface area contributed by atoms with Crippen molar-refractivity contribution in [2.75, 3.05) is 12.3 Å². The zero-order chi connectivity index (χ0) is 22.8. The number of nitrogens with one attached hydrogen (secondary N) is 1. The molecule has 0 aliphatic heterocycles. The van der Waals surface area contributed by atoms with Crippen LogP contribution in [0.15, 0.2) is 42.5 Å². The van der Waals surface area contributed by atoms with Crippen molar-refractivity contribution in [3.63, 3.8) is 0 Å². The van der Waals surface area contributed by atoms with Crippen LogP contribution in [-0.2, 0) is 21.9 Å². The normalized spacial score (nSPS) is 11.8. The van der Waals surface area contributed by atoms with E-state index in [9.17, 15) is 9.59 Å². The molecule has 0 aliphatic rings. The highest BCUT2D eigenvalue weighted by atomic mass is 35.5. The topological polar surface area (TPSA) is 49.4 Å². The Morgan fingerprint density at radius 3 is 2.42 bits per heavy atom. The second-order valence-electron chi connectivity index (χ2n) is 7.45. The van der Waals surface area contributed by atoms with Crippen LogP contribution in [0, 0.1) is 6.92 Å². The van der Waals surface area contributed by atoms with E-state index in [2.05, 4.69) is 5.32 Å². The van der Waals surface area contributed by atoms with Gasteiger partial charge in [-0.05, 0) is 43.0 Å². The van der Waals surface area contributed by atoms with Crippen LogP contribution in [-0.4, -0.2) is 35.1 Å². The molecular weight excluding hydrogens is 451 g/mol. The van der Waals surface area contributed by atoms with Crippen molar-refractivity contribution in [2.45, 2.75) is 52.0 Å². The Kier molecular flexibility index (Phi) is 10.7. The van der Waals surface area contributed by atoms with Crippen LogP contribution in [0.2, 0.25) is 10.0 Å². The lowest BCUT2D eigenvalue weighted by molar-refractivity contribution is -0.139. The maximum Gasteiger partial charge on any atom is 0.242 e. The molecular formula is C24H30Cl2N2O2S. The first-order valence-electron chi connectivity index (χ1n) is 10.5. The summed E-state index contributed by atoms with van der Waals surface area (Å²) in [5.41, 5.74) is 3.10. The molecule has 4 nitrogen and oxygen atoms in total. The van der Waals surface area contributed by atoms with Crippen LogP contribution in [0.25, 0.3) is 0 Å². The standard InChI is InChI=1S/C24H30Cl2N2O2S/c1-4-12-27-24(30)22(5-2)28(14-18-8-6-17(3)7-9-18)23(29)16-31-15-19-10-11-20(25)13-21(19)26/h6-11,13,22H,4-5,12,14-16H2,1-3H3,(H,27,30)/t22-/m0/s1. The summed E-state index contributed by atoms with van der Waals surface area (Å²) in [6.45, 7) is 6.98. The van der Waals surface area contributed by atoms with Gasteiger partial charge in [-0.25, -0.2) is 0 Å². The van der Waals surface area contributed by atoms with E-state index >= 15 is 0 Å². The molecule has 0 fully saturated rings. The summed E-state index contributed by atoms with van der Waals surface area (Å²) in [6, 6.07) is 12.9. The fraction of sp³-hybridized carbons (Fsp3) is 0.417. The molecule has 2 amide bonds. The number of aryl methyl sites for hydroxylation is 1. The lowest BCUT2D eigenvalue weighted by Gasteiger charge is -2.30. The summed E-state index contributed by atoms with van der Waals surface area (Å²) in [4.78, 5) is 27.6. The number of nitrogens with zero attached hydrogens (tertiary/aromatic N) is 1.